The van der Waals surface area contributed by atoms with Gasteiger partial charge in [0.2, 0.25) is 0 Å². The van der Waals surface area contributed by atoms with Gasteiger partial charge < -0.3 is 9.47 Å². The van der Waals surface area contributed by atoms with Gasteiger partial charge in [0.15, 0.2) is 0 Å². The first-order chi connectivity index (χ1) is 9.67. The molecular weight excluding hydrogens is 252 g/mol. The van der Waals surface area contributed by atoms with Gasteiger partial charge in [-0.3, -0.25) is 0 Å². The van der Waals surface area contributed by atoms with Crippen molar-refractivity contribution in [3.05, 3.63) is 65.7 Å². The molecule has 3 heteroatoms. The number of hydrogen-bond acceptors (Lipinski definition) is 3. The first-order valence-corrected chi connectivity index (χ1v) is 6.28. The fourth-order valence-corrected chi connectivity index (χ4v) is 1.69. The van der Waals surface area contributed by atoms with E-state index >= 15 is 0 Å². The summed E-state index contributed by atoms with van der Waals surface area (Å²) in [4.78, 5) is 11.0. The smallest absolute Gasteiger partial charge is 0.330 e. The normalized spacial score (nSPS) is 10.5. The van der Waals surface area contributed by atoms with Gasteiger partial charge in [0, 0.05) is 6.08 Å². The lowest BCUT2D eigenvalue weighted by Crippen LogP contribution is -1.93. The molecule has 0 heterocycles. The van der Waals surface area contributed by atoms with Crippen molar-refractivity contribution in [2.24, 2.45) is 0 Å². The topological polar surface area (TPSA) is 35.5 Å². The first-order valence-electron chi connectivity index (χ1n) is 6.28. The Hall–Kier alpha value is -2.55. The maximum absolute atomic E-state index is 11.0. The number of ether oxygens (including phenoxy) is 2. The van der Waals surface area contributed by atoms with Crippen LogP contribution in [0.25, 0.3) is 6.08 Å². The predicted molar refractivity (Wildman–Crippen MR) is 78.7 cm³/mol. The second-order valence-electron chi connectivity index (χ2n) is 4.34. The SMILES string of the molecule is COC(=O)C=Cc1ccc(Oc2cccc(C)c2)cc1. The van der Waals surface area contributed by atoms with Gasteiger partial charge in [-0.25, -0.2) is 4.79 Å². The lowest BCUT2D eigenvalue weighted by atomic mass is 10.2. The summed E-state index contributed by atoms with van der Waals surface area (Å²) in [6.45, 7) is 2.02. The van der Waals surface area contributed by atoms with E-state index in [-0.39, 0.29) is 5.97 Å². The van der Waals surface area contributed by atoms with Gasteiger partial charge >= 0.3 is 5.97 Å². The lowest BCUT2D eigenvalue weighted by Gasteiger charge is -2.06. The summed E-state index contributed by atoms with van der Waals surface area (Å²) >= 11 is 0. The Labute approximate surface area is 118 Å². The van der Waals surface area contributed by atoms with E-state index in [1.165, 1.54) is 13.2 Å². The Morgan fingerprint density at radius 1 is 1.05 bits per heavy atom. The Bertz CT molecular complexity index is 612. The molecule has 0 atom stereocenters. The highest BCUT2D eigenvalue weighted by Crippen LogP contribution is 2.22. The molecule has 2 aromatic carbocycles. The second kappa shape index (κ2) is 6.57. The van der Waals surface area contributed by atoms with Crippen LogP contribution >= 0.6 is 0 Å². The molecule has 0 aliphatic carbocycles. The number of esters is 1. The van der Waals surface area contributed by atoms with Crippen LogP contribution in [0.15, 0.2) is 54.6 Å². The lowest BCUT2D eigenvalue weighted by molar-refractivity contribution is -0.134. The molecule has 0 aliphatic rings. The monoisotopic (exact) mass is 268 g/mol. The fourth-order valence-electron chi connectivity index (χ4n) is 1.69. The zero-order valence-electron chi connectivity index (χ0n) is 11.5. The molecule has 0 fully saturated rings. The van der Waals surface area contributed by atoms with Crippen LogP contribution in [0.5, 0.6) is 11.5 Å². The summed E-state index contributed by atoms with van der Waals surface area (Å²) in [7, 11) is 1.35. The minimum absolute atomic E-state index is 0.370. The Morgan fingerprint density at radius 3 is 2.45 bits per heavy atom. The molecule has 102 valence electrons. The molecule has 2 aromatic rings. The van der Waals surface area contributed by atoms with E-state index in [0.29, 0.717) is 0 Å². The van der Waals surface area contributed by atoms with Crippen molar-refractivity contribution >= 4 is 12.0 Å². The molecule has 0 unspecified atom stereocenters. The van der Waals surface area contributed by atoms with Gasteiger partial charge in [-0.05, 0) is 48.4 Å². The van der Waals surface area contributed by atoms with Crippen LogP contribution in [0.3, 0.4) is 0 Å². The molecule has 0 aromatic heterocycles. The van der Waals surface area contributed by atoms with Crippen molar-refractivity contribution in [3.8, 4) is 11.5 Å². The van der Waals surface area contributed by atoms with Crippen molar-refractivity contribution in [2.75, 3.05) is 7.11 Å². The van der Waals surface area contributed by atoms with Gasteiger partial charge in [-0.1, -0.05) is 24.3 Å². The zero-order valence-corrected chi connectivity index (χ0v) is 11.5. The average molecular weight is 268 g/mol. The fraction of sp³-hybridized carbons (Fsp3) is 0.118. The number of aryl methyl sites for hydroxylation is 1. The Kier molecular flexibility index (Phi) is 4.56. The molecule has 2 rings (SSSR count). The number of methoxy groups -OCH3 is 1. The van der Waals surface area contributed by atoms with Crippen LogP contribution in [0, 0.1) is 6.92 Å². The van der Waals surface area contributed by atoms with E-state index in [0.717, 1.165) is 22.6 Å². The van der Waals surface area contributed by atoms with E-state index in [2.05, 4.69) is 4.74 Å². The van der Waals surface area contributed by atoms with Gasteiger partial charge in [0.1, 0.15) is 11.5 Å². The van der Waals surface area contributed by atoms with Crippen LogP contribution in [-0.2, 0) is 9.53 Å². The van der Waals surface area contributed by atoms with Gasteiger partial charge in [-0.2, -0.15) is 0 Å². The third-order valence-corrected chi connectivity index (χ3v) is 2.72. The van der Waals surface area contributed by atoms with Crippen molar-refractivity contribution < 1.29 is 14.3 Å². The predicted octanol–water partition coefficient (Wildman–Crippen LogP) is 3.97. The van der Waals surface area contributed by atoms with Crippen LogP contribution in [0.4, 0.5) is 0 Å². The number of carbonyl (C=O) groups is 1. The minimum Gasteiger partial charge on any atom is -0.466 e. The van der Waals surface area contributed by atoms with Crippen molar-refractivity contribution in [3.63, 3.8) is 0 Å². The van der Waals surface area contributed by atoms with Crippen LogP contribution in [0.1, 0.15) is 11.1 Å². The summed E-state index contributed by atoms with van der Waals surface area (Å²) in [5.41, 5.74) is 2.06. The summed E-state index contributed by atoms with van der Waals surface area (Å²) in [6.07, 6.45) is 3.08. The van der Waals surface area contributed by atoms with Crippen molar-refractivity contribution in [1.29, 1.82) is 0 Å². The highest BCUT2D eigenvalue weighted by molar-refractivity contribution is 5.86. The number of carbonyl (C=O) groups excluding carboxylic acids is 1. The van der Waals surface area contributed by atoms with Crippen molar-refractivity contribution in [1.82, 2.24) is 0 Å². The number of hydrogen-bond donors (Lipinski definition) is 0. The van der Waals surface area contributed by atoms with Crippen LogP contribution < -0.4 is 4.74 Å². The molecule has 3 nitrogen and oxygen atoms in total. The molecule has 0 aliphatic heterocycles. The highest BCUT2D eigenvalue weighted by atomic mass is 16.5. The van der Waals surface area contributed by atoms with Gasteiger partial charge in [0.05, 0.1) is 7.11 Å². The Morgan fingerprint density at radius 2 is 1.80 bits per heavy atom. The minimum atomic E-state index is -0.370. The van der Waals surface area contributed by atoms with Gasteiger partial charge in [0.25, 0.3) is 0 Å². The Balaban J connectivity index is 2.05. The third kappa shape index (κ3) is 3.99. The number of benzene rings is 2. The van der Waals surface area contributed by atoms with Crippen LogP contribution in [0.2, 0.25) is 0 Å². The third-order valence-electron chi connectivity index (χ3n) is 2.72. The molecule has 0 N–H and O–H groups in total. The van der Waals surface area contributed by atoms with E-state index in [1.54, 1.807) is 6.08 Å². The largest absolute Gasteiger partial charge is 0.466 e. The second-order valence-corrected chi connectivity index (χ2v) is 4.34. The standard InChI is InChI=1S/C17H16O3/c1-13-4-3-5-16(12-13)20-15-9-6-14(7-10-15)8-11-17(18)19-2/h3-12H,1-2H3. The van der Waals surface area contributed by atoms with E-state index in [4.69, 9.17) is 4.74 Å². The molecule has 0 bridgehead atoms. The molecule has 0 saturated carbocycles. The first kappa shape index (κ1) is 13.9. The van der Waals surface area contributed by atoms with Crippen molar-refractivity contribution in [2.45, 2.75) is 6.92 Å². The molecule has 20 heavy (non-hydrogen) atoms. The van der Waals surface area contributed by atoms with Crippen LogP contribution in [-0.4, -0.2) is 13.1 Å². The summed E-state index contributed by atoms with van der Waals surface area (Å²) in [5.74, 6) is 1.19. The quantitative estimate of drug-likeness (QED) is 0.621. The molecule has 0 radical (unpaired) electrons. The van der Waals surface area contributed by atoms with E-state index in [9.17, 15) is 4.79 Å². The number of rotatable bonds is 4. The van der Waals surface area contributed by atoms with E-state index < -0.39 is 0 Å². The summed E-state index contributed by atoms with van der Waals surface area (Å²) < 4.78 is 10.3. The average Bonchev–Trinajstić information content (AvgIpc) is 2.46. The molecule has 0 saturated heterocycles. The maximum Gasteiger partial charge on any atom is 0.330 e. The highest BCUT2D eigenvalue weighted by Gasteiger charge is 1.98. The molecule has 0 amide bonds. The molecular formula is C17H16O3. The maximum atomic E-state index is 11.0. The summed E-state index contributed by atoms with van der Waals surface area (Å²) in [6, 6.07) is 15.3. The van der Waals surface area contributed by atoms with Gasteiger partial charge in [-0.15, -0.1) is 0 Å². The zero-order chi connectivity index (χ0) is 14.4. The van der Waals surface area contributed by atoms with E-state index in [1.807, 2.05) is 55.5 Å². The summed E-state index contributed by atoms with van der Waals surface area (Å²) in [5, 5.41) is 0. The molecule has 0 spiro atoms.